The molecule has 0 spiro atoms. The Hall–Kier alpha value is -2.93. The Morgan fingerprint density at radius 2 is 1.57 bits per heavy atom. The molecule has 0 amide bonds. The molecule has 1 heteroatoms. The molecule has 2 aliphatic rings. The summed E-state index contributed by atoms with van der Waals surface area (Å²) in [5.74, 6) is 0. The molecule has 0 N–H and O–H groups in total. The molecule has 108 valence electrons. The molecule has 0 aromatic heterocycles. The molecule has 0 saturated heterocycles. The van der Waals surface area contributed by atoms with Gasteiger partial charge in [0.25, 0.3) is 0 Å². The van der Waals surface area contributed by atoms with Crippen LogP contribution in [0.1, 0.15) is 11.1 Å². The molecule has 1 aliphatic heterocycles. The van der Waals surface area contributed by atoms with Gasteiger partial charge in [-0.05, 0) is 40.8 Å². The first kappa shape index (κ1) is 12.6. The Balaban J connectivity index is 1.80. The van der Waals surface area contributed by atoms with E-state index in [0.29, 0.717) is 0 Å². The highest BCUT2D eigenvalue weighted by molar-refractivity contribution is 5.85. The lowest BCUT2D eigenvalue weighted by molar-refractivity contribution is 1.17. The summed E-state index contributed by atoms with van der Waals surface area (Å²) >= 11 is 0. The second-order valence-corrected chi connectivity index (χ2v) is 6.04. The van der Waals surface area contributed by atoms with Crippen molar-refractivity contribution < 1.29 is 0 Å². The van der Waals surface area contributed by atoms with Gasteiger partial charge < -0.3 is 0 Å². The smallest absolute Gasteiger partial charge is 0.0716 e. The maximum absolute atomic E-state index is 4.80. The van der Waals surface area contributed by atoms with Crippen LogP contribution in [-0.2, 0) is 6.42 Å². The van der Waals surface area contributed by atoms with Crippen molar-refractivity contribution in [3.05, 3.63) is 106 Å². The average molecular weight is 293 g/mol. The van der Waals surface area contributed by atoms with Gasteiger partial charge in [-0.1, -0.05) is 66.7 Å². The van der Waals surface area contributed by atoms with Gasteiger partial charge in [-0.25, -0.2) is 4.99 Å². The quantitative estimate of drug-likeness (QED) is 0.650. The van der Waals surface area contributed by atoms with E-state index in [1.807, 2.05) is 0 Å². The molecule has 3 aromatic rings. The van der Waals surface area contributed by atoms with Crippen LogP contribution in [0.25, 0.3) is 16.7 Å². The van der Waals surface area contributed by atoms with Gasteiger partial charge >= 0.3 is 0 Å². The number of allylic oxidation sites excluding steroid dienone is 2. The van der Waals surface area contributed by atoms with Gasteiger partial charge in [0, 0.05) is 10.8 Å². The summed E-state index contributed by atoms with van der Waals surface area (Å²) in [7, 11) is 0. The second kappa shape index (κ2) is 4.79. The molecule has 3 aromatic carbocycles. The van der Waals surface area contributed by atoms with Crippen LogP contribution >= 0.6 is 0 Å². The van der Waals surface area contributed by atoms with E-state index in [4.69, 9.17) is 4.99 Å². The molecule has 23 heavy (non-hydrogen) atoms. The Morgan fingerprint density at radius 3 is 2.48 bits per heavy atom. The number of hydrogen-bond donors (Lipinski definition) is 0. The van der Waals surface area contributed by atoms with Crippen molar-refractivity contribution in [3.63, 3.8) is 0 Å². The number of fused-ring (bicyclic) bond motifs is 4. The fraction of sp³-hybridized carbons (Fsp3) is 0.0455. The summed E-state index contributed by atoms with van der Waals surface area (Å²) in [5.41, 5.74) is 7.66. The van der Waals surface area contributed by atoms with Gasteiger partial charge in [0.05, 0.1) is 11.1 Å². The second-order valence-electron chi connectivity index (χ2n) is 6.04. The standard InChI is InChI=1S/C22H15N/c1-2-6-15(7-3-1)17-11-10-16-12-13-21-22(19(16)14-17)18-8-4-5-9-20(18)23-21/h1-11,13-14H,12H2. The first-order valence-corrected chi connectivity index (χ1v) is 7.97. The predicted octanol–water partition coefficient (Wildman–Crippen LogP) is 3.63. The van der Waals surface area contributed by atoms with Crippen molar-refractivity contribution >= 4 is 5.57 Å². The van der Waals surface area contributed by atoms with Crippen molar-refractivity contribution in [2.45, 2.75) is 6.42 Å². The predicted molar refractivity (Wildman–Crippen MR) is 93.4 cm³/mol. The molecule has 0 bridgehead atoms. The molecule has 0 saturated carbocycles. The van der Waals surface area contributed by atoms with E-state index in [1.165, 1.54) is 33.0 Å². The van der Waals surface area contributed by atoms with E-state index in [0.717, 1.165) is 17.5 Å². The van der Waals surface area contributed by atoms with E-state index < -0.39 is 0 Å². The third-order valence-electron chi connectivity index (χ3n) is 4.67. The van der Waals surface area contributed by atoms with Crippen LogP contribution in [-0.4, -0.2) is 0 Å². The van der Waals surface area contributed by atoms with E-state index >= 15 is 0 Å². The zero-order valence-corrected chi connectivity index (χ0v) is 12.7. The number of rotatable bonds is 1. The molecule has 1 heterocycles. The average Bonchev–Trinajstić information content (AvgIpc) is 3.01. The summed E-state index contributed by atoms with van der Waals surface area (Å²) in [6.45, 7) is 0. The number of hydrogen-bond acceptors (Lipinski definition) is 1. The molecular formula is C22H15N. The Bertz CT molecular complexity index is 1070. The molecule has 0 fully saturated rings. The van der Waals surface area contributed by atoms with Crippen LogP contribution in [0.2, 0.25) is 0 Å². The van der Waals surface area contributed by atoms with Crippen LogP contribution in [0.15, 0.2) is 89.6 Å². The monoisotopic (exact) mass is 293 g/mol. The zero-order chi connectivity index (χ0) is 15.2. The minimum absolute atomic E-state index is 0.959. The maximum atomic E-state index is 4.80. The van der Waals surface area contributed by atoms with Crippen LogP contribution in [0.4, 0.5) is 0 Å². The number of benzene rings is 3. The highest BCUT2D eigenvalue weighted by Gasteiger charge is 2.21. The van der Waals surface area contributed by atoms with E-state index in [-0.39, 0.29) is 0 Å². The SMILES string of the molecule is C1=C2N=c3ccccc3=C2c2cc(-c3ccccc3)ccc2C1. The van der Waals surface area contributed by atoms with Gasteiger partial charge in [0.1, 0.15) is 0 Å². The number of para-hydroxylation sites is 1. The minimum atomic E-state index is 0.959. The van der Waals surface area contributed by atoms with Crippen molar-refractivity contribution in [1.29, 1.82) is 0 Å². The Morgan fingerprint density at radius 1 is 0.739 bits per heavy atom. The summed E-state index contributed by atoms with van der Waals surface area (Å²) < 4.78 is 0. The Labute approximate surface area is 135 Å². The van der Waals surface area contributed by atoms with Crippen molar-refractivity contribution in [3.8, 4) is 11.1 Å². The molecule has 0 radical (unpaired) electrons. The van der Waals surface area contributed by atoms with Crippen LogP contribution in [0.5, 0.6) is 0 Å². The summed E-state index contributed by atoms with van der Waals surface area (Å²) in [4.78, 5) is 4.80. The lowest BCUT2D eigenvalue weighted by Crippen LogP contribution is -2.22. The molecular weight excluding hydrogens is 278 g/mol. The van der Waals surface area contributed by atoms with E-state index in [9.17, 15) is 0 Å². The topological polar surface area (TPSA) is 12.4 Å². The van der Waals surface area contributed by atoms with Crippen molar-refractivity contribution in [2.75, 3.05) is 0 Å². The fourth-order valence-corrected chi connectivity index (χ4v) is 3.54. The van der Waals surface area contributed by atoms with Gasteiger partial charge in [-0.2, -0.15) is 0 Å². The van der Waals surface area contributed by atoms with Gasteiger partial charge in [-0.15, -0.1) is 0 Å². The molecule has 1 aliphatic carbocycles. The zero-order valence-electron chi connectivity index (χ0n) is 12.7. The lowest BCUT2D eigenvalue weighted by atomic mass is 9.87. The first-order chi connectivity index (χ1) is 11.4. The molecule has 0 atom stereocenters. The van der Waals surface area contributed by atoms with Gasteiger partial charge in [0.2, 0.25) is 0 Å². The molecule has 1 nitrogen and oxygen atoms in total. The minimum Gasteiger partial charge on any atom is -0.248 e. The maximum Gasteiger partial charge on any atom is 0.0716 e. The summed E-state index contributed by atoms with van der Waals surface area (Å²) in [6, 6.07) is 25.8. The van der Waals surface area contributed by atoms with Crippen molar-refractivity contribution in [1.82, 2.24) is 0 Å². The number of nitrogens with zero attached hydrogens (tertiary/aromatic N) is 1. The fourth-order valence-electron chi connectivity index (χ4n) is 3.54. The largest absolute Gasteiger partial charge is 0.248 e. The van der Waals surface area contributed by atoms with E-state index in [2.05, 4.69) is 78.9 Å². The summed E-state index contributed by atoms with van der Waals surface area (Å²) in [5, 5.41) is 2.34. The third kappa shape index (κ3) is 1.90. The Kier molecular flexibility index (Phi) is 2.62. The summed E-state index contributed by atoms with van der Waals surface area (Å²) in [6.07, 6.45) is 3.21. The normalized spacial score (nSPS) is 14.4. The molecule has 5 rings (SSSR count). The lowest BCUT2D eigenvalue weighted by Gasteiger charge is -2.17. The first-order valence-electron chi connectivity index (χ1n) is 7.97. The van der Waals surface area contributed by atoms with Gasteiger partial charge in [0.15, 0.2) is 0 Å². The highest BCUT2D eigenvalue weighted by atomic mass is 14.8. The van der Waals surface area contributed by atoms with E-state index in [1.54, 1.807) is 0 Å². The van der Waals surface area contributed by atoms with Crippen LogP contribution in [0, 0.1) is 0 Å². The van der Waals surface area contributed by atoms with Crippen molar-refractivity contribution in [2.24, 2.45) is 4.99 Å². The third-order valence-corrected chi connectivity index (χ3v) is 4.67. The molecule has 0 unspecified atom stereocenters. The van der Waals surface area contributed by atoms with Crippen LogP contribution < -0.4 is 10.6 Å². The van der Waals surface area contributed by atoms with Gasteiger partial charge in [-0.3, -0.25) is 0 Å². The highest BCUT2D eigenvalue weighted by Crippen LogP contribution is 2.34. The van der Waals surface area contributed by atoms with Crippen LogP contribution in [0.3, 0.4) is 0 Å².